The highest BCUT2D eigenvalue weighted by Crippen LogP contribution is 2.33. The molecule has 6 heteroatoms. The number of hydrogen-bond donors (Lipinski definition) is 0. The van der Waals surface area contributed by atoms with E-state index in [1.54, 1.807) is 21.3 Å². The Kier molecular flexibility index (Phi) is 10.1. The summed E-state index contributed by atoms with van der Waals surface area (Å²) in [7, 11) is 5.10. The van der Waals surface area contributed by atoms with Crippen LogP contribution in [-0.4, -0.2) is 35.8 Å². The number of hydrogen-bond acceptors (Lipinski definition) is 5. The first-order valence-corrected chi connectivity index (χ1v) is 14.9. The summed E-state index contributed by atoms with van der Waals surface area (Å²) in [6.45, 7) is 5.42. The number of unbranched alkanes of at least 4 members (excludes halogenated alkanes) is 1. The van der Waals surface area contributed by atoms with Gasteiger partial charge in [-0.05, 0) is 66.1 Å². The van der Waals surface area contributed by atoms with Crippen molar-refractivity contribution < 1.29 is 14.2 Å². The fraction of sp³-hybridized carbons (Fsp3) is 0.270. The van der Waals surface area contributed by atoms with Crippen molar-refractivity contribution in [2.24, 2.45) is 0 Å². The quantitative estimate of drug-likeness (QED) is 0.133. The summed E-state index contributed by atoms with van der Waals surface area (Å²) in [5.41, 5.74) is 6.87. The summed E-state index contributed by atoms with van der Waals surface area (Å²) in [5, 5.41) is 0. The SMILES string of the molecule is CCCCn1c(-c2ccccc2)nc(-c2ccc(OC)cc2)c1CN(Cc1ccc(OC)cc1)Cc1ccc(OC)cc1. The van der Waals surface area contributed by atoms with Crippen LogP contribution >= 0.6 is 0 Å². The van der Waals surface area contributed by atoms with Crippen LogP contribution in [0.2, 0.25) is 0 Å². The number of nitrogens with zero attached hydrogens (tertiary/aromatic N) is 3. The molecule has 0 radical (unpaired) electrons. The van der Waals surface area contributed by atoms with Crippen LogP contribution in [0.15, 0.2) is 103 Å². The van der Waals surface area contributed by atoms with Crippen LogP contribution in [0.25, 0.3) is 22.6 Å². The molecule has 0 atom stereocenters. The molecule has 222 valence electrons. The van der Waals surface area contributed by atoms with Gasteiger partial charge in [-0.3, -0.25) is 4.90 Å². The zero-order valence-electron chi connectivity index (χ0n) is 25.6. The van der Waals surface area contributed by atoms with Gasteiger partial charge in [0.1, 0.15) is 23.1 Å². The Bertz CT molecular complexity index is 1510. The van der Waals surface area contributed by atoms with Crippen LogP contribution in [0.3, 0.4) is 0 Å². The largest absolute Gasteiger partial charge is 0.497 e. The third-order valence-corrected chi connectivity index (χ3v) is 7.71. The summed E-state index contributed by atoms with van der Waals surface area (Å²) < 4.78 is 18.7. The molecule has 4 aromatic carbocycles. The van der Waals surface area contributed by atoms with Crippen LogP contribution in [0.5, 0.6) is 17.2 Å². The fourth-order valence-corrected chi connectivity index (χ4v) is 5.35. The number of benzene rings is 4. The maximum Gasteiger partial charge on any atom is 0.140 e. The molecule has 1 heterocycles. The average Bonchev–Trinajstić information content (AvgIpc) is 3.42. The maximum absolute atomic E-state index is 5.47. The summed E-state index contributed by atoms with van der Waals surface area (Å²) in [4.78, 5) is 7.82. The predicted octanol–water partition coefficient (Wildman–Crippen LogP) is 8.25. The highest BCUT2D eigenvalue weighted by atomic mass is 16.5. The number of ether oxygens (including phenoxy) is 3. The van der Waals surface area contributed by atoms with Crippen molar-refractivity contribution in [3.8, 4) is 39.9 Å². The molecule has 1 aromatic heterocycles. The molecule has 6 nitrogen and oxygen atoms in total. The number of aromatic nitrogens is 2. The minimum atomic E-state index is 0.725. The van der Waals surface area contributed by atoms with Gasteiger partial charge in [-0.15, -0.1) is 0 Å². The normalized spacial score (nSPS) is 11.1. The van der Waals surface area contributed by atoms with Crippen molar-refractivity contribution in [3.05, 3.63) is 120 Å². The van der Waals surface area contributed by atoms with Crippen LogP contribution in [-0.2, 0) is 26.2 Å². The van der Waals surface area contributed by atoms with Crippen molar-refractivity contribution in [2.45, 2.75) is 45.9 Å². The molecule has 43 heavy (non-hydrogen) atoms. The van der Waals surface area contributed by atoms with Gasteiger partial charge in [0.15, 0.2) is 0 Å². The van der Waals surface area contributed by atoms with Gasteiger partial charge in [-0.2, -0.15) is 0 Å². The highest BCUT2D eigenvalue weighted by molar-refractivity contribution is 5.69. The maximum atomic E-state index is 5.47. The van der Waals surface area contributed by atoms with Gasteiger partial charge in [-0.1, -0.05) is 67.9 Å². The van der Waals surface area contributed by atoms with E-state index in [2.05, 4.69) is 83.1 Å². The van der Waals surface area contributed by atoms with Crippen molar-refractivity contribution >= 4 is 0 Å². The summed E-state index contributed by atoms with van der Waals surface area (Å²) >= 11 is 0. The van der Waals surface area contributed by atoms with Crippen LogP contribution in [0.4, 0.5) is 0 Å². The van der Waals surface area contributed by atoms with Gasteiger partial charge in [-0.25, -0.2) is 4.98 Å². The molecule has 0 fully saturated rings. The lowest BCUT2D eigenvalue weighted by molar-refractivity contribution is 0.241. The van der Waals surface area contributed by atoms with Gasteiger partial charge in [0.25, 0.3) is 0 Å². The first kappa shape index (κ1) is 29.9. The van der Waals surface area contributed by atoms with Crippen LogP contribution < -0.4 is 14.2 Å². The first-order valence-electron chi connectivity index (χ1n) is 14.9. The Morgan fingerprint density at radius 1 is 0.605 bits per heavy atom. The molecule has 0 aliphatic carbocycles. The van der Waals surface area contributed by atoms with E-state index in [1.165, 1.54) is 16.8 Å². The van der Waals surface area contributed by atoms with Crippen molar-refractivity contribution in [1.82, 2.24) is 14.5 Å². The topological polar surface area (TPSA) is 48.8 Å². The van der Waals surface area contributed by atoms with E-state index >= 15 is 0 Å². The van der Waals surface area contributed by atoms with E-state index < -0.39 is 0 Å². The van der Waals surface area contributed by atoms with Gasteiger partial charge in [0.2, 0.25) is 0 Å². The molecule has 0 spiro atoms. The smallest absolute Gasteiger partial charge is 0.140 e. The number of rotatable bonds is 14. The molecule has 0 unspecified atom stereocenters. The van der Waals surface area contributed by atoms with Crippen LogP contribution in [0.1, 0.15) is 36.6 Å². The van der Waals surface area contributed by atoms with Gasteiger partial charge >= 0.3 is 0 Å². The number of imidazole rings is 1. The molecular formula is C37H41N3O3. The second-order valence-corrected chi connectivity index (χ2v) is 10.7. The van der Waals surface area contributed by atoms with E-state index in [0.717, 1.165) is 78.9 Å². The average molecular weight is 576 g/mol. The molecule has 0 aliphatic rings. The second kappa shape index (κ2) is 14.6. The molecule has 5 rings (SSSR count). The predicted molar refractivity (Wildman–Crippen MR) is 173 cm³/mol. The second-order valence-electron chi connectivity index (χ2n) is 10.7. The molecule has 0 saturated heterocycles. The Labute approximate surface area is 255 Å². The van der Waals surface area contributed by atoms with Crippen molar-refractivity contribution in [1.29, 1.82) is 0 Å². The fourth-order valence-electron chi connectivity index (χ4n) is 5.35. The Morgan fingerprint density at radius 3 is 1.60 bits per heavy atom. The van der Waals surface area contributed by atoms with Gasteiger partial charge in [0, 0.05) is 37.3 Å². The molecule has 0 amide bonds. The van der Waals surface area contributed by atoms with E-state index in [-0.39, 0.29) is 0 Å². The van der Waals surface area contributed by atoms with E-state index in [4.69, 9.17) is 19.2 Å². The molecule has 0 N–H and O–H groups in total. The lowest BCUT2D eigenvalue weighted by Gasteiger charge is -2.25. The van der Waals surface area contributed by atoms with Crippen molar-refractivity contribution in [2.75, 3.05) is 21.3 Å². The zero-order valence-corrected chi connectivity index (χ0v) is 25.6. The third-order valence-electron chi connectivity index (χ3n) is 7.71. The Hall–Kier alpha value is -4.55. The minimum absolute atomic E-state index is 0.725. The highest BCUT2D eigenvalue weighted by Gasteiger charge is 2.22. The monoisotopic (exact) mass is 575 g/mol. The molecular weight excluding hydrogens is 534 g/mol. The standard InChI is InChI=1S/C37H41N3O3/c1-5-6-24-40-35(36(30-16-22-34(43-4)23-17-30)38-37(40)31-10-8-7-9-11-31)27-39(25-28-12-18-32(41-2)19-13-28)26-29-14-20-33(42-3)21-15-29/h7-23H,5-6,24-27H2,1-4H3. The van der Waals surface area contributed by atoms with E-state index in [9.17, 15) is 0 Å². The first-order chi connectivity index (χ1) is 21.1. The van der Waals surface area contributed by atoms with Gasteiger partial charge in [0.05, 0.1) is 32.7 Å². The summed E-state index contributed by atoms with van der Waals surface area (Å²) in [6.07, 6.45) is 2.17. The Balaban J connectivity index is 1.60. The third kappa shape index (κ3) is 7.46. The molecule has 0 saturated carbocycles. The lowest BCUT2D eigenvalue weighted by Crippen LogP contribution is -2.24. The molecule has 0 aliphatic heterocycles. The Morgan fingerprint density at radius 2 is 1.12 bits per heavy atom. The lowest BCUT2D eigenvalue weighted by atomic mass is 10.1. The molecule has 0 bridgehead atoms. The number of methoxy groups -OCH3 is 3. The molecule has 5 aromatic rings. The zero-order chi connectivity index (χ0) is 30.0. The van der Waals surface area contributed by atoms with Gasteiger partial charge < -0.3 is 18.8 Å². The summed E-state index contributed by atoms with van der Waals surface area (Å²) in [5.74, 6) is 3.55. The van der Waals surface area contributed by atoms with Crippen LogP contribution in [0, 0.1) is 0 Å². The summed E-state index contributed by atoms with van der Waals surface area (Å²) in [6, 6.07) is 35.5. The minimum Gasteiger partial charge on any atom is -0.497 e. The van der Waals surface area contributed by atoms with E-state index in [1.807, 2.05) is 36.4 Å². The van der Waals surface area contributed by atoms with Crippen molar-refractivity contribution in [3.63, 3.8) is 0 Å². The van der Waals surface area contributed by atoms with E-state index in [0.29, 0.717) is 0 Å².